The maximum atomic E-state index is 11.9. The van der Waals surface area contributed by atoms with Crippen molar-refractivity contribution in [2.75, 3.05) is 20.3 Å². The predicted molar refractivity (Wildman–Crippen MR) is 93.6 cm³/mol. The standard InChI is InChI=1S/C18H23N3O4/c1-3-25-17-14(5-4-10-19-17)11-20-18(23)21-12-16(22)13-6-8-15(24-2)9-7-13/h4-10,16,22H,3,11-12H2,1-2H3,(H2,20,21,23). The minimum atomic E-state index is -0.797. The number of nitrogens with zero attached hydrogens (tertiary/aromatic N) is 1. The molecule has 1 atom stereocenters. The van der Waals surface area contributed by atoms with Crippen LogP contribution in [0.3, 0.4) is 0 Å². The highest BCUT2D eigenvalue weighted by molar-refractivity contribution is 5.73. The summed E-state index contributed by atoms with van der Waals surface area (Å²) in [4.78, 5) is 16.0. The molecule has 0 fully saturated rings. The Hall–Kier alpha value is -2.80. The van der Waals surface area contributed by atoms with Gasteiger partial charge in [-0.05, 0) is 30.7 Å². The fraction of sp³-hybridized carbons (Fsp3) is 0.333. The summed E-state index contributed by atoms with van der Waals surface area (Å²) in [5.74, 6) is 1.21. The van der Waals surface area contributed by atoms with Gasteiger partial charge in [-0.25, -0.2) is 9.78 Å². The molecule has 7 nitrogen and oxygen atoms in total. The van der Waals surface area contributed by atoms with Crippen molar-refractivity contribution in [2.24, 2.45) is 0 Å². The van der Waals surface area contributed by atoms with Gasteiger partial charge in [0.15, 0.2) is 0 Å². The van der Waals surface area contributed by atoms with Gasteiger partial charge in [-0.3, -0.25) is 0 Å². The summed E-state index contributed by atoms with van der Waals surface area (Å²) in [6, 6.07) is 10.3. The third-order valence-electron chi connectivity index (χ3n) is 3.53. The highest BCUT2D eigenvalue weighted by Gasteiger charge is 2.10. The van der Waals surface area contributed by atoms with Crippen LogP contribution in [0.1, 0.15) is 24.2 Å². The number of amides is 2. The predicted octanol–water partition coefficient (Wildman–Crippen LogP) is 2.02. The normalized spacial score (nSPS) is 11.5. The first-order valence-electron chi connectivity index (χ1n) is 8.04. The molecule has 0 aliphatic heterocycles. The van der Waals surface area contributed by atoms with Gasteiger partial charge < -0.3 is 25.2 Å². The van der Waals surface area contributed by atoms with Crippen LogP contribution in [0.2, 0.25) is 0 Å². The minimum absolute atomic E-state index is 0.101. The van der Waals surface area contributed by atoms with E-state index in [1.165, 1.54) is 0 Å². The number of hydrogen-bond acceptors (Lipinski definition) is 5. The Balaban J connectivity index is 1.80. The van der Waals surface area contributed by atoms with Crippen LogP contribution < -0.4 is 20.1 Å². The Morgan fingerprint density at radius 2 is 2.00 bits per heavy atom. The smallest absolute Gasteiger partial charge is 0.315 e. The number of pyridine rings is 1. The highest BCUT2D eigenvalue weighted by Crippen LogP contribution is 2.17. The number of benzene rings is 1. The van der Waals surface area contributed by atoms with Crippen molar-refractivity contribution >= 4 is 6.03 Å². The van der Waals surface area contributed by atoms with Crippen molar-refractivity contribution in [1.29, 1.82) is 0 Å². The third-order valence-corrected chi connectivity index (χ3v) is 3.53. The molecular formula is C18H23N3O4. The van der Waals surface area contributed by atoms with Crippen LogP contribution in [0.15, 0.2) is 42.6 Å². The van der Waals surface area contributed by atoms with Crippen LogP contribution in [-0.2, 0) is 6.54 Å². The van der Waals surface area contributed by atoms with Gasteiger partial charge in [0, 0.05) is 24.8 Å². The molecule has 1 aromatic carbocycles. The molecule has 134 valence electrons. The molecule has 0 radical (unpaired) electrons. The van der Waals surface area contributed by atoms with Gasteiger partial charge in [-0.15, -0.1) is 0 Å². The number of carbonyl (C=O) groups is 1. The van der Waals surface area contributed by atoms with E-state index < -0.39 is 6.10 Å². The van der Waals surface area contributed by atoms with Crippen LogP contribution in [0, 0.1) is 0 Å². The van der Waals surface area contributed by atoms with Crippen molar-refractivity contribution in [2.45, 2.75) is 19.6 Å². The summed E-state index contributed by atoms with van der Waals surface area (Å²) in [5.41, 5.74) is 1.49. The molecule has 25 heavy (non-hydrogen) atoms. The van der Waals surface area contributed by atoms with E-state index in [0.717, 1.165) is 5.56 Å². The zero-order chi connectivity index (χ0) is 18.1. The van der Waals surface area contributed by atoms with Crippen molar-refractivity contribution in [3.8, 4) is 11.6 Å². The van der Waals surface area contributed by atoms with Crippen molar-refractivity contribution in [1.82, 2.24) is 15.6 Å². The Labute approximate surface area is 147 Å². The molecule has 7 heteroatoms. The second-order valence-corrected chi connectivity index (χ2v) is 5.25. The van der Waals surface area contributed by atoms with E-state index in [1.807, 2.05) is 13.0 Å². The van der Waals surface area contributed by atoms with Gasteiger partial charge in [-0.1, -0.05) is 18.2 Å². The Bertz CT molecular complexity index is 676. The summed E-state index contributed by atoms with van der Waals surface area (Å²) in [6.45, 7) is 2.76. The van der Waals surface area contributed by atoms with E-state index in [2.05, 4.69) is 15.6 Å². The molecule has 1 unspecified atom stereocenters. The van der Waals surface area contributed by atoms with E-state index in [9.17, 15) is 9.90 Å². The highest BCUT2D eigenvalue weighted by atomic mass is 16.5. The molecule has 2 rings (SSSR count). The fourth-order valence-electron chi connectivity index (χ4n) is 2.20. The minimum Gasteiger partial charge on any atom is -0.497 e. The number of carbonyl (C=O) groups excluding carboxylic acids is 1. The quantitative estimate of drug-likeness (QED) is 0.681. The topological polar surface area (TPSA) is 92.7 Å². The van der Waals surface area contributed by atoms with Gasteiger partial charge in [0.2, 0.25) is 5.88 Å². The Morgan fingerprint density at radius 1 is 1.24 bits per heavy atom. The molecule has 0 aliphatic rings. The second-order valence-electron chi connectivity index (χ2n) is 5.25. The van der Waals surface area contributed by atoms with Crippen LogP contribution in [0.5, 0.6) is 11.6 Å². The van der Waals surface area contributed by atoms with Gasteiger partial charge in [0.1, 0.15) is 5.75 Å². The summed E-state index contributed by atoms with van der Waals surface area (Å²) in [7, 11) is 1.58. The van der Waals surface area contributed by atoms with Crippen molar-refractivity contribution in [3.63, 3.8) is 0 Å². The molecule has 1 heterocycles. The molecule has 0 spiro atoms. The van der Waals surface area contributed by atoms with E-state index in [-0.39, 0.29) is 19.1 Å². The van der Waals surface area contributed by atoms with Gasteiger partial charge in [0.25, 0.3) is 0 Å². The first-order chi connectivity index (χ1) is 12.1. The summed E-state index contributed by atoms with van der Waals surface area (Å²) >= 11 is 0. The number of ether oxygens (including phenoxy) is 2. The lowest BCUT2D eigenvalue weighted by Gasteiger charge is -2.14. The lowest BCUT2D eigenvalue weighted by molar-refractivity contribution is 0.173. The monoisotopic (exact) mass is 345 g/mol. The maximum absolute atomic E-state index is 11.9. The Kier molecular flexibility index (Phi) is 7.03. The molecule has 0 aliphatic carbocycles. The van der Waals surface area contributed by atoms with E-state index in [0.29, 0.717) is 23.8 Å². The SMILES string of the molecule is CCOc1ncccc1CNC(=O)NCC(O)c1ccc(OC)cc1. The number of hydrogen-bond donors (Lipinski definition) is 3. The second kappa shape index (κ2) is 9.48. The molecule has 0 saturated carbocycles. The van der Waals surface area contributed by atoms with Crippen LogP contribution in [0.25, 0.3) is 0 Å². The molecule has 1 aromatic heterocycles. The largest absolute Gasteiger partial charge is 0.497 e. The molecule has 2 aromatic rings. The maximum Gasteiger partial charge on any atom is 0.315 e. The molecule has 0 saturated heterocycles. The number of aliphatic hydroxyl groups is 1. The van der Waals surface area contributed by atoms with Gasteiger partial charge in [0.05, 0.1) is 19.8 Å². The third kappa shape index (κ3) is 5.65. The van der Waals surface area contributed by atoms with Crippen molar-refractivity contribution < 1.29 is 19.4 Å². The zero-order valence-electron chi connectivity index (χ0n) is 14.4. The number of aliphatic hydroxyl groups excluding tert-OH is 1. The van der Waals surface area contributed by atoms with Crippen molar-refractivity contribution in [3.05, 3.63) is 53.7 Å². The summed E-state index contributed by atoms with van der Waals surface area (Å²) in [5, 5.41) is 15.5. The van der Waals surface area contributed by atoms with E-state index in [4.69, 9.17) is 9.47 Å². The number of urea groups is 1. The van der Waals surface area contributed by atoms with Gasteiger partial charge >= 0.3 is 6.03 Å². The van der Waals surface area contributed by atoms with Crippen LogP contribution >= 0.6 is 0 Å². The molecule has 3 N–H and O–H groups in total. The van der Waals surface area contributed by atoms with E-state index in [1.54, 1.807) is 43.6 Å². The van der Waals surface area contributed by atoms with Gasteiger partial charge in [-0.2, -0.15) is 0 Å². The number of aromatic nitrogens is 1. The fourth-order valence-corrected chi connectivity index (χ4v) is 2.20. The molecule has 0 bridgehead atoms. The Morgan fingerprint density at radius 3 is 2.68 bits per heavy atom. The summed E-state index contributed by atoms with van der Waals surface area (Å²) in [6.07, 6.45) is 0.841. The average Bonchev–Trinajstić information content (AvgIpc) is 2.65. The van der Waals surface area contributed by atoms with Crippen LogP contribution in [0.4, 0.5) is 4.79 Å². The first-order valence-corrected chi connectivity index (χ1v) is 8.04. The lowest BCUT2D eigenvalue weighted by Crippen LogP contribution is -2.37. The number of rotatable bonds is 8. The van der Waals surface area contributed by atoms with E-state index >= 15 is 0 Å². The van der Waals surface area contributed by atoms with Crippen LogP contribution in [-0.4, -0.2) is 36.4 Å². The number of nitrogens with one attached hydrogen (secondary N) is 2. The molecule has 2 amide bonds. The average molecular weight is 345 g/mol. The lowest BCUT2D eigenvalue weighted by atomic mass is 10.1. The molecular weight excluding hydrogens is 322 g/mol. The zero-order valence-corrected chi connectivity index (χ0v) is 14.4. The summed E-state index contributed by atoms with van der Waals surface area (Å²) < 4.78 is 10.5. The first kappa shape index (κ1) is 18.5. The number of methoxy groups -OCH3 is 1.